The van der Waals surface area contributed by atoms with E-state index in [1.54, 1.807) is 22.9 Å². The van der Waals surface area contributed by atoms with Crippen LogP contribution in [0.2, 0.25) is 0 Å². The summed E-state index contributed by atoms with van der Waals surface area (Å²) in [4.78, 5) is 22.7. The molecule has 8 nitrogen and oxygen atoms in total. The molecule has 1 aromatic carbocycles. The van der Waals surface area contributed by atoms with Crippen molar-refractivity contribution in [2.24, 2.45) is 5.73 Å². The number of carbonyl (C=O) groups is 1. The third-order valence-electron chi connectivity index (χ3n) is 4.92. The van der Waals surface area contributed by atoms with E-state index in [2.05, 4.69) is 4.98 Å². The van der Waals surface area contributed by atoms with Crippen LogP contribution in [0.3, 0.4) is 0 Å². The molecule has 2 amide bonds. The number of urea groups is 1. The van der Waals surface area contributed by atoms with Gasteiger partial charge in [-0.15, -0.1) is 5.10 Å². The van der Waals surface area contributed by atoms with E-state index in [9.17, 15) is 4.79 Å². The molecule has 28 heavy (non-hydrogen) atoms. The Kier molecular flexibility index (Phi) is 4.92. The summed E-state index contributed by atoms with van der Waals surface area (Å²) in [5.41, 5.74) is 6.57. The predicted octanol–water partition coefficient (Wildman–Crippen LogP) is 2.48. The topological polar surface area (TPSA) is 99.2 Å². The molecule has 4 rings (SSSR count). The van der Waals surface area contributed by atoms with Crippen molar-refractivity contribution in [1.82, 2.24) is 24.6 Å². The summed E-state index contributed by atoms with van der Waals surface area (Å²) in [6.07, 6.45) is 3.90. The summed E-state index contributed by atoms with van der Waals surface area (Å²) in [6, 6.07) is 12.8. The minimum Gasteiger partial charge on any atom is -0.496 e. The lowest BCUT2D eigenvalue weighted by Crippen LogP contribution is -2.36. The standard InChI is InChI=1S/C20H22N6O2/c1-28-16-9-3-2-7-14(16)13-17-23-19(15-8-6-12-25(15)20(21)27)26(24-17)18-10-4-5-11-22-18/h2-5,7,9-11,15H,6,8,12-13H2,1H3,(H2,21,27)/t15-/m0/s1. The van der Waals surface area contributed by atoms with E-state index in [4.69, 9.17) is 20.6 Å². The van der Waals surface area contributed by atoms with Gasteiger partial charge in [0.15, 0.2) is 17.5 Å². The molecule has 3 aromatic rings. The lowest BCUT2D eigenvalue weighted by atomic mass is 10.1. The zero-order valence-electron chi connectivity index (χ0n) is 15.7. The molecule has 1 aliphatic heterocycles. The zero-order chi connectivity index (χ0) is 19.5. The second-order valence-corrected chi connectivity index (χ2v) is 6.66. The Labute approximate surface area is 163 Å². The molecule has 1 atom stereocenters. The minimum absolute atomic E-state index is 0.210. The van der Waals surface area contributed by atoms with Crippen LogP contribution in [0.1, 0.15) is 36.1 Å². The summed E-state index contributed by atoms with van der Waals surface area (Å²) in [5.74, 6) is 2.77. The van der Waals surface area contributed by atoms with Crippen molar-refractivity contribution in [1.29, 1.82) is 0 Å². The van der Waals surface area contributed by atoms with Crippen molar-refractivity contribution in [3.05, 3.63) is 65.9 Å². The van der Waals surface area contributed by atoms with E-state index in [1.165, 1.54) is 0 Å². The average molecular weight is 378 g/mol. The summed E-state index contributed by atoms with van der Waals surface area (Å²) in [5, 5.41) is 4.70. The number of likely N-dealkylation sites (tertiary alicyclic amines) is 1. The van der Waals surface area contributed by atoms with Crippen LogP contribution in [0.25, 0.3) is 5.82 Å². The number of rotatable bonds is 5. The maximum atomic E-state index is 11.9. The number of nitrogens with zero attached hydrogens (tertiary/aromatic N) is 5. The quantitative estimate of drug-likeness (QED) is 0.735. The Hall–Kier alpha value is -3.42. The number of hydrogen-bond acceptors (Lipinski definition) is 5. The van der Waals surface area contributed by atoms with Crippen LogP contribution >= 0.6 is 0 Å². The molecule has 144 valence electrons. The van der Waals surface area contributed by atoms with Crippen molar-refractivity contribution in [3.63, 3.8) is 0 Å². The number of para-hydroxylation sites is 1. The van der Waals surface area contributed by atoms with Gasteiger partial charge in [0, 0.05) is 24.7 Å². The molecule has 0 aliphatic carbocycles. The summed E-state index contributed by atoms with van der Waals surface area (Å²) >= 11 is 0. The van der Waals surface area contributed by atoms with Crippen LogP contribution in [0, 0.1) is 0 Å². The highest BCUT2D eigenvalue weighted by Gasteiger charge is 2.33. The number of aromatic nitrogens is 4. The molecular weight excluding hydrogens is 356 g/mol. The Morgan fingerprint density at radius 3 is 2.82 bits per heavy atom. The van der Waals surface area contributed by atoms with Gasteiger partial charge in [-0.05, 0) is 31.0 Å². The van der Waals surface area contributed by atoms with Gasteiger partial charge in [0.25, 0.3) is 0 Å². The average Bonchev–Trinajstić information content (AvgIpc) is 3.36. The van der Waals surface area contributed by atoms with Crippen LogP contribution < -0.4 is 10.5 Å². The van der Waals surface area contributed by atoms with Gasteiger partial charge in [-0.3, -0.25) is 0 Å². The third kappa shape index (κ3) is 3.40. The first-order valence-corrected chi connectivity index (χ1v) is 9.22. The van der Waals surface area contributed by atoms with Crippen molar-refractivity contribution in [2.75, 3.05) is 13.7 Å². The summed E-state index contributed by atoms with van der Waals surface area (Å²) in [7, 11) is 1.65. The molecule has 3 heterocycles. The largest absolute Gasteiger partial charge is 0.496 e. The van der Waals surface area contributed by atoms with Gasteiger partial charge in [0.1, 0.15) is 5.75 Å². The Balaban J connectivity index is 1.75. The van der Waals surface area contributed by atoms with Crippen molar-refractivity contribution in [2.45, 2.75) is 25.3 Å². The number of methoxy groups -OCH3 is 1. The fourth-order valence-corrected chi connectivity index (χ4v) is 3.63. The van der Waals surface area contributed by atoms with Crippen LogP contribution in [0.4, 0.5) is 4.79 Å². The smallest absolute Gasteiger partial charge is 0.315 e. The number of nitrogens with two attached hydrogens (primary N) is 1. The molecule has 2 aromatic heterocycles. The van der Waals surface area contributed by atoms with E-state index in [1.807, 2.05) is 42.5 Å². The van der Waals surface area contributed by atoms with E-state index in [-0.39, 0.29) is 6.04 Å². The molecular formula is C20H22N6O2. The highest BCUT2D eigenvalue weighted by Crippen LogP contribution is 2.32. The molecule has 2 N–H and O–H groups in total. The van der Waals surface area contributed by atoms with E-state index >= 15 is 0 Å². The fourth-order valence-electron chi connectivity index (χ4n) is 3.63. The maximum absolute atomic E-state index is 11.9. The molecule has 0 saturated carbocycles. The summed E-state index contributed by atoms with van der Waals surface area (Å²) < 4.78 is 7.16. The van der Waals surface area contributed by atoms with Crippen LogP contribution in [-0.2, 0) is 6.42 Å². The molecule has 8 heteroatoms. The molecule has 1 aliphatic rings. The maximum Gasteiger partial charge on any atom is 0.315 e. The van der Waals surface area contributed by atoms with Gasteiger partial charge in [-0.2, -0.15) is 4.68 Å². The second-order valence-electron chi connectivity index (χ2n) is 6.66. The Morgan fingerprint density at radius 1 is 1.25 bits per heavy atom. The van der Waals surface area contributed by atoms with Crippen molar-refractivity contribution < 1.29 is 9.53 Å². The number of ether oxygens (including phenoxy) is 1. The van der Waals surface area contributed by atoms with E-state index in [0.29, 0.717) is 30.4 Å². The highest BCUT2D eigenvalue weighted by atomic mass is 16.5. The Bertz CT molecular complexity index is 972. The number of benzene rings is 1. The third-order valence-corrected chi connectivity index (χ3v) is 4.92. The first kappa shape index (κ1) is 18.0. The lowest BCUT2D eigenvalue weighted by molar-refractivity contribution is 0.200. The van der Waals surface area contributed by atoms with Crippen LogP contribution in [0.15, 0.2) is 48.7 Å². The predicted molar refractivity (Wildman–Crippen MR) is 103 cm³/mol. The number of primary amides is 1. The van der Waals surface area contributed by atoms with E-state index in [0.717, 1.165) is 24.2 Å². The SMILES string of the molecule is COc1ccccc1Cc1nc([C@@H]2CCCN2C(N)=O)n(-c2ccccn2)n1. The highest BCUT2D eigenvalue weighted by molar-refractivity contribution is 5.72. The number of carbonyl (C=O) groups excluding carboxylic acids is 1. The zero-order valence-corrected chi connectivity index (χ0v) is 15.7. The monoisotopic (exact) mass is 378 g/mol. The minimum atomic E-state index is -0.440. The lowest BCUT2D eigenvalue weighted by Gasteiger charge is -2.21. The van der Waals surface area contributed by atoms with Gasteiger partial charge in [0.2, 0.25) is 0 Å². The number of amides is 2. The molecule has 0 spiro atoms. The van der Waals surface area contributed by atoms with Crippen molar-refractivity contribution >= 4 is 6.03 Å². The molecule has 0 unspecified atom stereocenters. The number of hydrogen-bond donors (Lipinski definition) is 1. The molecule has 0 radical (unpaired) electrons. The first-order chi connectivity index (χ1) is 13.7. The number of pyridine rings is 1. The van der Waals surface area contributed by atoms with Gasteiger partial charge in [0.05, 0.1) is 13.2 Å². The fraction of sp³-hybridized carbons (Fsp3) is 0.300. The molecule has 0 bridgehead atoms. The van der Waals surface area contributed by atoms with Gasteiger partial charge < -0.3 is 15.4 Å². The summed E-state index contributed by atoms with van der Waals surface area (Å²) in [6.45, 7) is 0.622. The van der Waals surface area contributed by atoms with Gasteiger partial charge >= 0.3 is 6.03 Å². The Morgan fingerprint density at radius 2 is 2.07 bits per heavy atom. The first-order valence-electron chi connectivity index (χ1n) is 9.22. The molecule has 1 fully saturated rings. The van der Waals surface area contributed by atoms with Crippen LogP contribution in [0.5, 0.6) is 5.75 Å². The van der Waals surface area contributed by atoms with E-state index < -0.39 is 6.03 Å². The molecule has 1 saturated heterocycles. The normalized spacial score (nSPS) is 16.3. The van der Waals surface area contributed by atoms with Gasteiger partial charge in [-0.1, -0.05) is 24.3 Å². The van der Waals surface area contributed by atoms with Crippen molar-refractivity contribution in [3.8, 4) is 11.6 Å². The second kappa shape index (κ2) is 7.67. The van der Waals surface area contributed by atoms with Gasteiger partial charge in [-0.25, -0.2) is 14.8 Å². The van der Waals surface area contributed by atoms with Crippen LogP contribution in [-0.4, -0.2) is 44.3 Å².